The van der Waals surface area contributed by atoms with E-state index in [1.54, 1.807) is 0 Å². The zero-order valence-electron chi connectivity index (χ0n) is 16.4. The summed E-state index contributed by atoms with van der Waals surface area (Å²) < 4.78 is 115. The van der Waals surface area contributed by atoms with E-state index in [0.29, 0.717) is 0 Å². The van der Waals surface area contributed by atoms with Crippen LogP contribution in [-0.2, 0) is 24.6 Å². The van der Waals surface area contributed by atoms with Crippen molar-refractivity contribution in [2.45, 2.75) is 28.0 Å². The number of nitrogens with zero attached hydrogens (tertiary/aromatic N) is 1. The van der Waals surface area contributed by atoms with Crippen molar-refractivity contribution in [2.24, 2.45) is 5.92 Å². The molecule has 5 nitrogen and oxygen atoms in total. The Kier molecular flexibility index (Phi) is 6.39. The summed E-state index contributed by atoms with van der Waals surface area (Å²) in [5.41, 5.74) is -5.99. The maximum Gasteiger partial charge on any atom is 0.511 e. The second-order valence-corrected chi connectivity index (χ2v) is 12.3. The van der Waals surface area contributed by atoms with Crippen LogP contribution in [0.2, 0.25) is 5.02 Å². The van der Waals surface area contributed by atoms with Gasteiger partial charge in [-0.25, -0.2) is 25.6 Å². The average Bonchev–Trinajstić information content (AvgIpc) is 2.65. The molecule has 32 heavy (non-hydrogen) atoms. The fourth-order valence-electron chi connectivity index (χ4n) is 3.91. The maximum atomic E-state index is 14.6. The highest BCUT2D eigenvalue weighted by molar-refractivity contribution is 7.92. The molecule has 0 saturated heterocycles. The lowest BCUT2D eigenvalue weighted by Crippen LogP contribution is -2.52. The Balaban J connectivity index is 2.01. The fourth-order valence-corrected chi connectivity index (χ4v) is 7.10. The predicted molar refractivity (Wildman–Crippen MR) is 107 cm³/mol. The van der Waals surface area contributed by atoms with Crippen molar-refractivity contribution in [3.63, 3.8) is 0 Å². The Morgan fingerprint density at radius 3 is 2.12 bits per heavy atom. The SMILES string of the molecule is CN(CC1CC(c2cc(F)ccc2F)(S(=O)(=O)c2ccc(Cl)cc2)C1)S(=O)(=O)C(F)(F)F. The van der Waals surface area contributed by atoms with E-state index in [1.807, 2.05) is 0 Å². The van der Waals surface area contributed by atoms with Gasteiger partial charge in [0.05, 0.1) is 4.90 Å². The van der Waals surface area contributed by atoms with Crippen LogP contribution >= 0.6 is 11.6 Å². The molecule has 13 heteroatoms. The van der Waals surface area contributed by atoms with Gasteiger partial charge in [-0.2, -0.15) is 17.5 Å². The molecule has 0 spiro atoms. The molecular weight excluding hydrogens is 501 g/mol. The Hall–Kier alpha value is -1.76. The smallest absolute Gasteiger partial charge is 0.223 e. The van der Waals surface area contributed by atoms with Gasteiger partial charge in [0.2, 0.25) is 0 Å². The van der Waals surface area contributed by atoms with E-state index in [4.69, 9.17) is 11.6 Å². The summed E-state index contributed by atoms with van der Waals surface area (Å²) in [7, 11) is -9.26. The van der Waals surface area contributed by atoms with Crippen LogP contribution in [0.4, 0.5) is 22.0 Å². The lowest BCUT2D eigenvalue weighted by Gasteiger charge is -2.48. The fraction of sp³-hybridized carbons (Fsp3) is 0.368. The summed E-state index contributed by atoms with van der Waals surface area (Å²) in [4.78, 5) is -0.236. The standard InChI is InChI=1S/C19H17ClF5NO4S2/c1-26(32(29,30)19(23,24)25)11-12-9-18(10-12,16-8-14(21)4-7-17(16)22)31(27,28)15-5-2-13(20)3-6-15/h2-8,12H,9-11H2,1H3. The molecule has 1 aliphatic rings. The van der Waals surface area contributed by atoms with E-state index in [9.17, 15) is 38.8 Å². The Morgan fingerprint density at radius 2 is 1.59 bits per heavy atom. The van der Waals surface area contributed by atoms with Crippen LogP contribution in [0, 0.1) is 17.6 Å². The molecule has 0 aliphatic heterocycles. The van der Waals surface area contributed by atoms with Gasteiger partial charge in [0, 0.05) is 24.2 Å². The summed E-state index contributed by atoms with van der Waals surface area (Å²) in [6, 6.07) is 7.26. The Morgan fingerprint density at radius 1 is 1.03 bits per heavy atom. The van der Waals surface area contributed by atoms with Crippen LogP contribution in [0.5, 0.6) is 0 Å². The summed E-state index contributed by atoms with van der Waals surface area (Å²) >= 11 is 5.79. The zero-order valence-corrected chi connectivity index (χ0v) is 18.8. The van der Waals surface area contributed by atoms with Crippen molar-refractivity contribution in [3.05, 3.63) is 64.7 Å². The molecule has 0 N–H and O–H groups in total. The van der Waals surface area contributed by atoms with E-state index in [-0.39, 0.29) is 14.2 Å². The third-order valence-electron chi connectivity index (χ3n) is 5.51. The Labute approximate surface area is 186 Å². The minimum atomic E-state index is -5.62. The van der Waals surface area contributed by atoms with E-state index in [2.05, 4.69) is 0 Å². The van der Waals surface area contributed by atoms with E-state index >= 15 is 0 Å². The van der Waals surface area contributed by atoms with Crippen molar-refractivity contribution in [1.29, 1.82) is 0 Å². The van der Waals surface area contributed by atoms with Crippen molar-refractivity contribution >= 4 is 31.5 Å². The van der Waals surface area contributed by atoms with Crippen LogP contribution in [0.15, 0.2) is 47.4 Å². The van der Waals surface area contributed by atoms with Crippen molar-refractivity contribution in [1.82, 2.24) is 4.31 Å². The molecule has 0 amide bonds. The van der Waals surface area contributed by atoms with Crippen LogP contribution in [-0.4, -0.2) is 40.2 Å². The highest BCUT2D eigenvalue weighted by Gasteiger charge is 2.58. The largest absolute Gasteiger partial charge is 0.511 e. The molecule has 3 rings (SSSR count). The van der Waals surface area contributed by atoms with Gasteiger partial charge in [0.25, 0.3) is 0 Å². The van der Waals surface area contributed by atoms with Crippen molar-refractivity contribution in [2.75, 3.05) is 13.6 Å². The summed E-state index contributed by atoms with van der Waals surface area (Å²) in [5.74, 6) is -2.74. The van der Waals surface area contributed by atoms with Crippen LogP contribution < -0.4 is 0 Å². The van der Waals surface area contributed by atoms with Gasteiger partial charge in [-0.15, -0.1) is 0 Å². The topological polar surface area (TPSA) is 71.5 Å². The third-order valence-corrected chi connectivity index (χ3v) is 9.79. The first-order valence-electron chi connectivity index (χ1n) is 9.10. The molecule has 1 fully saturated rings. The molecule has 0 heterocycles. The third kappa shape index (κ3) is 4.13. The van der Waals surface area contributed by atoms with Gasteiger partial charge in [-0.1, -0.05) is 11.6 Å². The molecule has 2 aromatic rings. The first-order valence-corrected chi connectivity index (χ1v) is 12.4. The second-order valence-electron chi connectivity index (χ2n) is 7.58. The van der Waals surface area contributed by atoms with Gasteiger partial charge in [0.15, 0.2) is 9.84 Å². The average molecular weight is 518 g/mol. The molecule has 0 radical (unpaired) electrons. The number of sulfone groups is 1. The molecule has 1 saturated carbocycles. The van der Waals surface area contributed by atoms with E-state index in [0.717, 1.165) is 25.2 Å². The number of alkyl halides is 3. The van der Waals surface area contributed by atoms with Gasteiger partial charge in [0.1, 0.15) is 16.4 Å². The normalized spacial score (nSPS) is 22.1. The minimum absolute atomic E-state index is 0.0818. The van der Waals surface area contributed by atoms with Crippen LogP contribution in [0.25, 0.3) is 0 Å². The van der Waals surface area contributed by atoms with Crippen LogP contribution in [0.1, 0.15) is 18.4 Å². The molecule has 1 aliphatic carbocycles. The highest BCUT2D eigenvalue weighted by Crippen LogP contribution is 2.55. The summed E-state index contributed by atoms with van der Waals surface area (Å²) in [6.45, 7) is -0.642. The molecule has 0 bridgehead atoms. The number of sulfonamides is 1. The second kappa shape index (κ2) is 8.23. The minimum Gasteiger partial charge on any atom is -0.223 e. The summed E-state index contributed by atoms with van der Waals surface area (Å²) in [5, 5.41) is 0.236. The van der Waals surface area contributed by atoms with E-state index in [1.165, 1.54) is 24.3 Å². The maximum absolute atomic E-state index is 14.6. The molecule has 2 aromatic carbocycles. The monoisotopic (exact) mass is 517 g/mol. The van der Waals surface area contributed by atoms with Gasteiger partial charge in [-0.05, 0) is 61.2 Å². The molecule has 176 valence electrons. The quantitative estimate of drug-likeness (QED) is 0.530. The molecule has 0 aromatic heterocycles. The molecule has 0 unspecified atom stereocenters. The lowest BCUT2D eigenvalue weighted by atomic mass is 9.70. The van der Waals surface area contributed by atoms with E-state index < -0.39 is 72.6 Å². The number of hydrogen-bond acceptors (Lipinski definition) is 4. The number of hydrogen-bond donors (Lipinski definition) is 0. The number of halogens is 6. The predicted octanol–water partition coefficient (Wildman–Crippen LogP) is 4.48. The number of rotatable bonds is 6. The zero-order chi connectivity index (χ0) is 24.1. The van der Waals surface area contributed by atoms with Crippen LogP contribution in [0.3, 0.4) is 0 Å². The number of benzene rings is 2. The van der Waals surface area contributed by atoms with Crippen molar-refractivity contribution < 1.29 is 38.8 Å². The van der Waals surface area contributed by atoms with Gasteiger partial charge < -0.3 is 0 Å². The highest BCUT2D eigenvalue weighted by atomic mass is 35.5. The Bertz CT molecular complexity index is 1230. The lowest BCUT2D eigenvalue weighted by molar-refractivity contribution is -0.0489. The van der Waals surface area contributed by atoms with Gasteiger partial charge >= 0.3 is 15.5 Å². The molecule has 0 atom stereocenters. The van der Waals surface area contributed by atoms with Crippen molar-refractivity contribution in [3.8, 4) is 0 Å². The summed E-state index contributed by atoms with van der Waals surface area (Å²) in [6.07, 6.45) is -0.813. The first-order chi connectivity index (χ1) is 14.6. The first kappa shape index (κ1) is 24.9. The van der Waals surface area contributed by atoms with Gasteiger partial charge in [-0.3, -0.25) is 0 Å². The molecular formula is C19H17ClF5NO4S2.